The number of rotatable bonds is 2. The molecular formula is C9H13BrN4O. The Morgan fingerprint density at radius 3 is 3.00 bits per heavy atom. The van der Waals surface area contributed by atoms with Crippen molar-refractivity contribution >= 4 is 27.7 Å². The van der Waals surface area contributed by atoms with Crippen LogP contribution in [0.3, 0.4) is 0 Å². The SMILES string of the molecule is Nc1cc(Br)nc(N2CCC(CO)C2)n1. The Balaban J connectivity index is 2.16. The molecule has 1 saturated heterocycles. The summed E-state index contributed by atoms with van der Waals surface area (Å²) >= 11 is 3.29. The molecule has 1 unspecified atom stereocenters. The normalized spacial score (nSPS) is 20.9. The molecule has 1 aliphatic heterocycles. The Kier molecular flexibility index (Phi) is 3.06. The molecule has 2 heterocycles. The average molecular weight is 273 g/mol. The molecule has 1 fully saturated rings. The van der Waals surface area contributed by atoms with Crippen LogP contribution in [0.15, 0.2) is 10.7 Å². The highest BCUT2D eigenvalue weighted by Crippen LogP contribution is 2.22. The van der Waals surface area contributed by atoms with Crippen LogP contribution in [0.1, 0.15) is 6.42 Å². The Morgan fingerprint density at radius 1 is 1.60 bits per heavy atom. The van der Waals surface area contributed by atoms with Crippen LogP contribution in [0.2, 0.25) is 0 Å². The van der Waals surface area contributed by atoms with E-state index in [1.165, 1.54) is 0 Å². The van der Waals surface area contributed by atoms with Crippen LogP contribution in [0.25, 0.3) is 0 Å². The molecule has 0 amide bonds. The van der Waals surface area contributed by atoms with Gasteiger partial charge in [-0.05, 0) is 22.4 Å². The molecule has 0 aromatic carbocycles. The number of nitrogen functional groups attached to an aromatic ring is 1. The van der Waals surface area contributed by atoms with E-state index in [1.54, 1.807) is 6.07 Å². The van der Waals surface area contributed by atoms with Crippen LogP contribution in [0.5, 0.6) is 0 Å². The summed E-state index contributed by atoms with van der Waals surface area (Å²) < 4.78 is 0.692. The fourth-order valence-corrected chi connectivity index (χ4v) is 2.12. The van der Waals surface area contributed by atoms with Crippen LogP contribution < -0.4 is 10.6 Å². The second kappa shape index (κ2) is 4.32. The third-order valence-electron chi connectivity index (χ3n) is 2.53. The fourth-order valence-electron chi connectivity index (χ4n) is 1.73. The lowest BCUT2D eigenvalue weighted by Crippen LogP contribution is -2.23. The maximum absolute atomic E-state index is 9.04. The summed E-state index contributed by atoms with van der Waals surface area (Å²) in [6.07, 6.45) is 0.978. The lowest BCUT2D eigenvalue weighted by molar-refractivity contribution is 0.238. The zero-order valence-corrected chi connectivity index (χ0v) is 9.81. The Bertz CT molecular complexity index is 340. The third kappa shape index (κ3) is 2.38. The van der Waals surface area contributed by atoms with Crippen molar-refractivity contribution in [2.75, 3.05) is 30.3 Å². The Morgan fingerprint density at radius 2 is 2.40 bits per heavy atom. The summed E-state index contributed by atoms with van der Waals surface area (Å²) in [4.78, 5) is 10.5. The van der Waals surface area contributed by atoms with Gasteiger partial charge in [-0.3, -0.25) is 0 Å². The number of anilines is 2. The molecule has 0 aliphatic carbocycles. The number of nitrogens with zero attached hydrogens (tertiary/aromatic N) is 3. The highest BCUT2D eigenvalue weighted by Gasteiger charge is 2.23. The van der Waals surface area contributed by atoms with E-state index in [2.05, 4.69) is 25.9 Å². The minimum absolute atomic E-state index is 0.222. The molecule has 1 aliphatic rings. The van der Waals surface area contributed by atoms with Gasteiger partial charge in [0.15, 0.2) is 0 Å². The van der Waals surface area contributed by atoms with Gasteiger partial charge < -0.3 is 15.7 Å². The van der Waals surface area contributed by atoms with E-state index in [1.807, 2.05) is 4.90 Å². The molecule has 3 N–H and O–H groups in total. The summed E-state index contributed by atoms with van der Waals surface area (Å²) in [6.45, 7) is 1.90. The maximum atomic E-state index is 9.04. The van der Waals surface area contributed by atoms with Gasteiger partial charge in [-0.1, -0.05) is 0 Å². The Hall–Kier alpha value is -0.880. The van der Waals surface area contributed by atoms with Gasteiger partial charge in [0.2, 0.25) is 5.95 Å². The van der Waals surface area contributed by atoms with Crippen molar-refractivity contribution in [1.29, 1.82) is 0 Å². The maximum Gasteiger partial charge on any atom is 0.228 e. The van der Waals surface area contributed by atoms with E-state index >= 15 is 0 Å². The standard InChI is InChI=1S/C9H13BrN4O/c10-7-3-8(11)13-9(12-7)14-2-1-6(4-14)5-15/h3,6,15H,1-2,4-5H2,(H2,11,12,13). The second-order valence-corrected chi connectivity index (χ2v) is 4.51. The number of aromatic nitrogens is 2. The summed E-state index contributed by atoms with van der Waals surface area (Å²) in [5.41, 5.74) is 5.64. The van der Waals surface area contributed by atoms with E-state index < -0.39 is 0 Å². The molecule has 0 radical (unpaired) electrons. The first kappa shape index (κ1) is 10.6. The molecule has 6 heteroatoms. The van der Waals surface area contributed by atoms with Gasteiger partial charge in [0.05, 0.1) is 0 Å². The number of hydrogen-bond acceptors (Lipinski definition) is 5. The van der Waals surface area contributed by atoms with E-state index in [0.29, 0.717) is 22.3 Å². The number of halogens is 1. The van der Waals surface area contributed by atoms with Gasteiger partial charge >= 0.3 is 0 Å². The molecule has 5 nitrogen and oxygen atoms in total. The smallest absolute Gasteiger partial charge is 0.228 e. The molecule has 0 bridgehead atoms. The lowest BCUT2D eigenvalue weighted by atomic mass is 10.1. The van der Waals surface area contributed by atoms with Crippen molar-refractivity contribution in [3.8, 4) is 0 Å². The molecule has 0 spiro atoms. The van der Waals surface area contributed by atoms with E-state index in [9.17, 15) is 0 Å². The van der Waals surface area contributed by atoms with Crippen LogP contribution >= 0.6 is 15.9 Å². The summed E-state index contributed by atoms with van der Waals surface area (Å²) in [5, 5.41) is 9.04. The second-order valence-electron chi connectivity index (χ2n) is 3.70. The lowest BCUT2D eigenvalue weighted by Gasteiger charge is -2.16. The number of aliphatic hydroxyl groups is 1. The molecular weight excluding hydrogens is 260 g/mol. The van der Waals surface area contributed by atoms with Crippen molar-refractivity contribution in [2.45, 2.75) is 6.42 Å². The van der Waals surface area contributed by atoms with Crippen LogP contribution in [-0.4, -0.2) is 34.8 Å². The van der Waals surface area contributed by atoms with E-state index in [4.69, 9.17) is 10.8 Å². The number of aliphatic hydroxyl groups excluding tert-OH is 1. The fraction of sp³-hybridized carbons (Fsp3) is 0.556. The van der Waals surface area contributed by atoms with Gasteiger partial charge in [0.25, 0.3) is 0 Å². The first-order chi connectivity index (χ1) is 7.19. The third-order valence-corrected chi connectivity index (χ3v) is 2.94. The zero-order chi connectivity index (χ0) is 10.8. The van der Waals surface area contributed by atoms with Crippen molar-refractivity contribution in [3.05, 3.63) is 10.7 Å². The van der Waals surface area contributed by atoms with Gasteiger partial charge in [-0.25, -0.2) is 4.98 Å². The number of hydrogen-bond donors (Lipinski definition) is 2. The molecule has 82 valence electrons. The average Bonchev–Trinajstić information content (AvgIpc) is 2.64. The topological polar surface area (TPSA) is 75.3 Å². The first-order valence-corrected chi connectivity index (χ1v) is 5.64. The van der Waals surface area contributed by atoms with Crippen LogP contribution in [-0.2, 0) is 0 Å². The highest BCUT2D eigenvalue weighted by molar-refractivity contribution is 9.10. The van der Waals surface area contributed by atoms with Crippen LogP contribution in [0, 0.1) is 5.92 Å². The number of nitrogens with two attached hydrogens (primary N) is 1. The predicted octanol–water partition coefficient (Wildman–Crippen LogP) is 0.640. The molecule has 0 saturated carbocycles. The predicted molar refractivity (Wildman–Crippen MR) is 61.6 cm³/mol. The van der Waals surface area contributed by atoms with E-state index in [0.717, 1.165) is 19.5 Å². The summed E-state index contributed by atoms with van der Waals surface area (Å²) in [7, 11) is 0. The van der Waals surface area contributed by atoms with Crippen LogP contribution in [0.4, 0.5) is 11.8 Å². The van der Waals surface area contributed by atoms with E-state index in [-0.39, 0.29) is 6.61 Å². The molecule has 1 aromatic rings. The Labute approximate surface area is 96.5 Å². The van der Waals surface area contributed by atoms with Crippen molar-refractivity contribution in [3.63, 3.8) is 0 Å². The van der Waals surface area contributed by atoms with Gasteiger partial charge in [0.1, 0.15) is 10.4 Å². The molecule has 1 aromatic heterocycles. The molecule has 15 heavy (non-hydrogen) atoms. The first-order valence-electron chi connectivity index (χ1n) is 4.85. The minimum Gasteiger partial charge on any atom is -0.396 e. The quantitative estimate of drug-likeness (QED) is 0.773. The molecule has 1 atom stereocenters. The largest absolute Gasteiger partial charge is 0.396 e. The zero-order valence-electron chi connectivity index (χ0n) is 8.23. The summed E-state index contributed by atoms with van der Waals surface area (Å²) in [5.74, 6) is 1.42. The van der Waals surface area contributed by atoms with Gasteiger partial charge in [-0.15, -0.1) is 0 Å². The van der Waals surface area contributed by atoms with Crippen molar-refractivity contribution in [1.82, 2.24) is 9.97 Å². The van der Waals surface area contributed by atoms with Crippen molar-refractivity contribution < 1.29 is 5.11 Å². The van der Waals surface area contributed by atoms with Crippen molar-refractivity contribution in [2.24, 2.45) is 5.92 Å². The van der Waals surface area contributed by atoms with Gasteiger partial charge in [0, 0.05) is 31.7 Å². The highest BCUT2D eigenvalue weighted by atomic mass is 79.9. The summed E-state index contributed by atoms with van der Waals surface area (Å²) in [6, 6.07) is 1.67. The minimum atomic E-state index is 0.222. The molecule has 2 rings (SSSR count). The monoisotopic (exact) mass is 272 g/mol. The van der Waals surface area contributed by atoms with Gasteiger partial charge in [-0.2, -0.15) is 4.98 Å².